The largest absolute Gasteiger partial charge is 0.311 e. The quantitative estimate of drug-likeness (QED) is 0.0843. The van der Waals surface area contributed by atoms with Crippen LogP contribution in [0.15, 0.2) is 334 Å². The van der Waals surface area contributed by atoms with Gasteiger partial charge in [-0.05, 0) is 180 Å². The third kappa shape index (κ3) is 11.0. The van der Waals surface area contributed by atoms with Crippen LogP contribution in [-0.4, -0.2) is 0 Å². The fourth-order valence-electron chi connectivity index (χ4n) is 9.96. The monoisotopic (exact) mass is 990 g/mol. The first-order chi connectivity index (χ1) is 38.1. The molecular formula is C73H58N4. The van der Waals surface area contributed by atoms with Gasteiger partial charge in [0.15, 0.2) is 0 Å². The molecule has 0 bridgehead atoms. The summed E-state index contributed by atoms with van der Waals surface area (Å²) in [6.07, 6.45) is 8.05. The van der Waals surface area contributed by atoms with Gasteiger partial charge in [-0.2, -0.15) is 0 Å². The summed E-state index contributed by atoms with van der Waals surface area (Å²) in [6.45, 7) is 6.04. The van der Waals surface area contributed by atoms with Crippen LogP contribution in [0.1, 0.15) is 6.92 Å². The maximum atomic E-state index is 3.96. The Morgan fingerprint density at radius 1 is 0.260 bits per heavy atom. The van der Waals surface area contributed by atoms with Crippen molar-refractivity contribution in [2.75, 3.05) is 19.6 Å². The lowest BCUT2D eigenvalue weighted by molar-refractivity contribution is 1.20. The molecule has 0 saturated heterocycles. The molecule has 0 fully saturated rings. The van der Waals surface area contributed by atoms with Crippen molar-refractivity contribution in [3.05, 3.63) is 334 Å². The summed E-state index contributed by atoms with van der Waals surface area (Å²) in [5, 5.41) is 0. The topological polar surface area (TPSA) is 13.0 Å². The lowest BCUT2D eigenvalue weighted by Gasteiger charge is -2.27. The van der Waals surface area contributed by atoms with Gasteiger partial charge in [0.2, 0.25) is 0 Å². The molecule has 4 nitrogen and oxygen atoms in total. The maximum absolute atomic E-state index is 3.96. The number of nitrogens with zero attached hydrogens (tertiary/aromatic N) is 4. The zero-order valence-electron chi connectivity index (χ0n) is 43.1. The summed E-state index contributed by atoms with van der Waals surface area (Å²) in [6, 6.07) is 106. The summed E-state index contributed by atoms with van der Waals surface area (Å²) in [4.78, 5) is 9.18. The molecule has 0 unspecified atom stereocenters. The molecule has 0 aliphatic carbocycles. The maximum Gasteiger partial charge on any atom is 0.0462 e. The van der Waals surface area contributed by atoms with E-state index < -0.39 is 0 Å². The predicted octanol–water partition coefficient (Wildman–Crippen LogP) is 20.9. The zero-order valence-corrected chi connectivity index (χ0v) is 43.1. The zero-order chi connectivity index (χ0) is 52.2. The minimum atomic E-state index is 1.04. The molecule has 11 aromatic carbocycles. The van der Waals surface area contributed by atoms with Gasteiger partial charge in [0.05, 0.1) is 0 Å². The van der Waals surface area contributed by atoms with Crippen molar-refractivity contribution < 1.29 is 0 Å². The number of allylic oxidation sites excluding steroid dienone is 4. The van der Waals surface area contributed by atoms with Crippen LogP contribution in [-0.2, 0) is 0 Å². The van der Waals surface area contributed by atoms with E-state index in [1.807, 2.05) is 12.2 Å². The second kappa shape index (κ2) is 23.4. The standard InChI is InChI=1S/C73H58N4/c1-3-5-21-62(4-2)74(68-44-32-56(33-45-68)58-36-48-70(49-37-58)75(63-22-11-6-12-23-63)64-24-13-7-14-25-64)69-46-34-57(35-47-69)60-40-52-72(53-41-60)77(67-30-19-10-20-31-67)73-54-42-61(43-55-73)59-38-50-71(51-39-59)76(65-26-15-8-16-27-65)66-28-17-9-18-29-66/h3-55H,1H2,2H3/b21-5-,62-4+. The Balaban J connectivity index is 0.823. The molecule has 0 N–H and O–H groups in total. The number of benzene rings is 11. The van der Waals surface area contributed by atoms with E-state index in [2.05, 4.69) is 343 Å². The third-order valence-electron chi connectivity index (χ3n) is 13.8. The van der Waals surface area contributed by atoms with E-state index in [0.717, 1.165) is 102 Å². The fourth-order valence-corrected chi connectivity index (χ4v) is 9.96. The molecule has 0 amide bonds. The molecule has 0 heterocycles. The first kappa shape index (κ1) is 49.1. The third-order valence-corrected chi connectivity index (χ3v) is 13.8. The van der Waals surface area contributed by atoms with Gasteiger partial charge in [-0.15, -0.1) is 0 Å². The summed E-state index contributed by atoms with van der Waals surface area (Å²) in [7, 11) is 0. The van der Waals surface area contributed by atoms with E-state index in [4.69, 9.17) is 0 Å². The molecule has 370 valence electrons. The van der Waals surface area contributed by atoms with Crippen molar-refractivity contribution >= 4 is 62.6 Å². The Bertz CT molecular complexity index is 3610. The second-order valence-electron chi connectivity index (χ2n) is 18.6. The van der Waals surface area contributed by atoms with Crippen molar-refractivity contribution in [3.8, 4) is 33.4 Å². The summed E-state index contributed by atoms with van der Waals surface area (Å²) in [5.41, 5.74) is 20.0. The second-order valence-corrected chi connectivity index (χ2v) is 18.6. The molecule has 0 saturated carbocycles. The van der Waals surface area contributed by atoms with Crippen molar-refractivity contribution in [3.63, 3.8) is 0 Å². The minimum absolute atomic E-state index is 1.04. The molecule has 0 radical (unpaired) electrons. The number of hydrogen-bond donors (Lipinski definition) is 0. The van der Waals surface area contributed by atoms with Gasteiger partial charge >= 0.3 is 0 Å². The first-order valence-electron chi connectivity index (χ1n) is 26.1. The molecular weight excluding hydrogens is 933 g/mol. The first-order valence-corrected chi connectivity index (χ1v) is 26.1. The van der Waals surface area contributed by atoms with Gasteiger partial charge in [-0.3, -0.25) is 0 Å². The number of hydrogen-bond acceptors (Lipinski definition) is 4. The van der Waals surface area contributed by atoms with Crippen LogP contribution in [0.3, 0.4) is 0 Å². The summed E-state index contributed by atoms with van der Waals surface area (Å²) >= 11 is 0. The highest BCUT2D eigenvalue weighted by molar-refractivity contribution is 5.83. The molecule has 0 aliphatic rings. The Hall–Kier alpha value is -10.2. The SMILES string of the molecule is C=C/C=C\C(=C/C)N(c1ccc(-c2ccc(N(c3ccccc3)c3ccccc3)cc2)cc1)c1ccc(-c2ccc(N(c3ccccc3)c3ccc(-c4ccc(N(c5ccccc5)c5ccccc5)cc4)cc3)cc2)cc1. The summed E-state index contributed by atoms with van der Waals surface area (Å²) < 4.78 is 0. The highest BCUT2D eigenvalue weighted by Crippen LogP contribution is 2.41. The van der Waals surface area contributed by atoms with E-state index in [1.54, 1.807) is 0 Å². The van der Waals surface area contributed by atoms with E-state index in [9.17, 15) is 0 Å². The molecule has 0 aliphatic heterocycles. The Kier molecular flexibility index (Phi) is 14.9. The van der Waals surface area contributed by atoms with Gasteiger partial charge in [-0.25, -0.2) is 0 Å². The van der Waals surface area contributed by atoms with Gasteiger partial charge in [0, 0.05) is 68.3 Å². The highest BCUT2D eigenvalue weighted by atomic mass is 15.2. The fraction of sp³-hybridized carbons (Fsp3) is 0.0137. The van der Waals surface area contributed by atoms with E-state index in [-0.39, 0.29) is 0 Å². The van der Waals surface area contributed by atoms with Crippen LogP contribution in [0.2, 0.25) is 0 Å². The number of anilines is 11. The van der Waals surface area contributed by atoms with Gasteiger partial charge in [-0.1, -0.05) is 189 Å². The van der Waals surface area contributed by atoms with Crippen LogP contribution in [0.25, 0.3) is 33.4 Å². The predicted molar refractivity (Wildman–Crippen MR) is 328 cm³/mol. The average Bonchev–Trinajstić information content (AvgIpc) is 3.51. The summed E-state index contributed by atoms with van der Waals surface area (Å²) in [5.74, 6) is 0. The molecule has 77 heavy (non-hydrogen) atoms. The normalized spacial score (nSPS) is 11.3. The molecule has 0 aromatic heterocycles. The Morgan fingerprint density at radius 2 is 0.455 bits per heavy atom. The van der Waals surface area contributed by atoms with E-state index >= 15 is 0 Å². The van der Waals surface area contributed by atoms with Crippen LogP contribution in [0.5, 0.6) is 0 Å². The van der Waals surface area contributed by atoms with Crippen molar-refractivity contribution in [2.45, 2.75) is 6.92 Å². The smallest absolute Gasteiger partial charge is 0.0462 e. The molecule has 11 rings (SSSR count). The van der Waals surface area contributed by atoms with E-state index in [1.165, 1.54) is 0 Å². The highest BCUT2D eigenvalue weighted by Gasteiger charge is 2.18. The Morgan fingerprint density at radius 3 is 0.649 bits per heavy atom. The average molecular weight is 991 g/mol. The number of rotatable bonds is 17. The van der Waals surface area contributed by atoms with Gasteiger partial charge in [0.1, 0.15) is 0 Å². The van der Waals surface area contributed by atoms with Crippen molar-refractivity contribution in [2.24, 2.45) is 0 Å². The Labute approximate surface area is 454 Å². The van der Waals surface area contributed by atoms with Crippen LogP contribution in [0.4, 0.5) is 62.6 Å². The molecule has 0 spiro atoms. The lowest BCUT2D eigenvalue weighted by atomic mass is 10.0. The van der Waals surface area contributed by atoms with Gasteiger partial charge in [0.25, 0.3) is 0 Å². The van der Waals surface area contributed by atoms with Crippen LogP contribution >= 0.6 is 0 Å². The van der Waals surface area contributed by atoms with Crippen molar-refractivity contribution in [1.82, 2.24) is 0 Å². The molecule has 4 heteroatoms. The molecule has 0 atom stereocenters. The van der Waals surface area contributed by atoms with Crippen LogP contribution < -0.4 is 19.6 Å². The van der Waals surface area contributed by atoms with Crippen molar-refractivity contribution in [1.29, 1.82) is 0 Å². The van der Waals surface area contributed by atoms with Crippen LogP contribution in [0, 0.1) is 0 Å². The van der Waals surface area contributed by atoms with E-state index in [0.29, 0.717) is 0 Å². The molecule has 11 aromatic rings. The number of para-hydroxylation sites is 5. The van der Waals surface area contributed by atoms with Gasteiger partial charge < -0.3 is 19.6 Å². The minimum Gasteiger partial charge on any atom is -0.311 e. The lowest BCUT2D eigenvalue weighted by Crippen LogP contribution is -2.15.